The number of rotatable bonds is 4. The van der Waals surface area contributed by atoms with Crippen molar-refractivity contribution in [3.63, 3.8) is 0 Å². The highest BCUT2D eigenvalue weighted by molar-refractivity contribution is 6.01. The molecule has 3 atom stereocenters. The number of likely N-dealkylation sites (tertiary alicyclic amines) is 1. The molecular formula is C25H31N3O4. The van der Waals surface area contributed by atoms with Gasteiger partial charge in [0.1, 0.15) is 17.9 Å². The van der Waals surface area contributed by atoms with Gasteiger partial charge in [0.15, 0.2) is 0 Å². The molecule has 6 rings (SSSR count). The Balaban J connectivity index is 1.14. The summed E-state index contributed by atoms with van der Waals surface area (Å²) in [6, 6.07) is 5.83. The predicted octanol–water partition coefficient (Wildman–Crippen LogP) is 2.46. The van der Waals surface area contributed by atoms with E-state index in [2.05, 4.69) is 16.8 Å². The number of hydrogen-bond acceptors (Lipinski definition) is 5. The first kappa shape index (κ1) is 20.2. The largest absolute Gasteiger partial charge is 0.489 e. The summed E-state index contributed by atoms with van der Waals surface area (Å²) in [5.41, 5.74) is 2.78. The van der Waals surface area contributed by atoms with Crippen LogP contribution in [-0.4, -0.2) is 66.1 Å². The quantitative estimate of drug-likeness (QED) is 0.784. The maximum absolute atomic E-state index is 13.0. The molecule has 1 saturated carbocycles. The van der Waals surface area contributed by atoms with Crippen LogP contribution in [0.3, 0.4) is 0 Å². The molecule has 0 radical (unpaired) electrons. The van der Waals surface area contributed by atoms with Crippen LogP contribution in [0.25, 0.3) is 0 Å². The van der Waals surface area contributed by atoms with Crippen molar-refractivity contribution in [2.75, 3.05) is 26.3 Å². The molecular weight excluding hydrogens is 406 g/mol. The molecule has 0 bridgehead atoms. The van der Waals surface area contributed by atoms with Crippen LogP contribution in [0.5, 0.6) is 5.75 Å². The van der Waals surface area contributed by atoms with E-state index < -0.39 is 6.04 Å². The number of carbonyl (C=O) groups is 2. The van der Waals surface area contributed by atoms with Gasteiger partial charge >= 0.3 is 0 Å². The van der Waals surface area contributed by atoms with Crippen LogP contribution in [0.15, 0.2) is 30.5 Å². The van der Waals surface area contributed by atoms with Crippen LogP contribution in [-0.2, 0) is 16.1 Å². The maximum atomic E-state index is 13.0. The molecule has 7 heteroatoms. The summed E-state index contributed by atoms with van der Waals surface area (Å²) in [7, 11) is 0. The van der Waals surface area contributed by atoms with Crippen molar-refractivity contribution in [2.24, 2.45) is 5.41 Å². The van der Waals surface area contributed by atoms with Gasteiger partial charge < -0.3 is 19.7 Å². The van der Waals surface area contributed by atoms with Crippen molar-refractivity contribution in [1.82, 2.24) is 15.1 Å². The van der Waals surface area contributed by atoms with E-state index in [1.165, 1.54) is 19.3 Å². The first-order chi connectivity index (χ1) is 15.5. The molecule has 5 aliphatic rings. The number of nitrogens with zero attached hydrogens (tertiary/aromatic N) is 2. The van der Waals surface area contributed by atoms with Gasteiger partial charge in [0, 0.05) is 42.4 Å². The standard InChI is InChI=1S/C25H31N3O4/c1-16-6-9-21(23(29)26-16)28-11-17-10-18(7-8-19(17)24(28)30)32-22-5-3-2-4-20(22)27-12-25(13-27)14-31-15-25/h7-8,10,20-22H,1-6,9,11-15H2,(H,26,29)/t20-,21?,22+/m1/s1. The first-order valence-corrected chi connectivity index (χ1v) is 11.9. The zero-order chi connectivity index (χ0) is 21.9. The Labute approximate surface area is 188 Å². The van der Waals surface area contributed by atoms with Gasteiger partial charge in [0.25, 0.3) is 5.91 Å². The summed E-state index contributed by atoms with van der Waals surface area (Å²) in [6.07, 6.45) is 6.22. The Hall–Kier alpha value is -2.38. The van der Waals surface area contributed by atoms with Crippen molar-refractivity contribution in [3.8, 4) is 5.75 Å². The number of benzene rings is 1. The second-order valence-corrected chi connectivity index (χ2v) is 10.3. The van der Waals surface area contributed by atoms with Crippen molar-refractivity contribution < 1.29 is 19.1 Å². The molecule has 1 aromatic rings. The molecule has 4 heterocycles. The van der Waals surface area contributed by atoms with Gasteiger partial charge in [-0.1, -0.05) is 13.0 Å². The summed E-state index contributed by atoms with van der Waals surface area (Å²) in [6.45, 7) is 8.36. The Morgan fingerprint density at radius 2 is 1.94 bits per heavy atom. The highest BCUT2D eigenvalue weighted by atomic mass is 16.5. The third-order valence-corrected chi connectivity index (χ3v) is 7.92. The first-order valence-electron chi connectivity index (χ1n) is 11.9. The minimum Gasteiger partial charge on any atom is -0.489 e. The topological polar surface area (TPSA) is 71.1 Å². The van der Waals surface area contributed by atoms with E-state index in [0.717, 1.165) is 49.7 Å². The zero-order valence-corrected chi connectivity index (χ0v) is 18.5. The number of piperidine rings is 1. The Morgan fingerprint density at radius 3 is 2.69 bits per heavy atom. The zero-order valence-electron chi connectivity index (χ0n) is 18.5. The average molecular weight is 438 g/mol. The molecule has 3 saturated heterocycles. The molecule has 170 valence electrons. The van der Waals surface area contributed by atoms with Crippen LogP contribution < -0.4 is 10.1 Å². The highest BCUT2D eigenvalue weighted by Crippen LogP contribution is 2.42. The molecule has 1 aromatic carbocycles. The molecule has 4 fully saturated rings. The fourth-order valence-corrected chi connectivity index (χ4v) is 6.13. The van der Waals surface area contributed by atoms with Gasteiger partial charge in [-0.2, -0.15) is 0 Å². The fraction of sp³-hybridized carbons (Fsp3) is 0.600. The molecule has 7 nitrogen and oxygen atoms in total. The van der Waals surface area contributed by atoms with Gasteiger partial charge in [-0.05, 0) is 55.9 Å². The summed E-state index contributed by atoms with van der Waals surface area (Å²) >= 11 is 0. The van der Waals surface area contributed by atoms with Crippen molar-refractivity contribution in [2.45, 2.75) is 63.3 Å². The second kappa shape index (κ2) is 7.59. The van der Waals surface area contributed by atoms with E-state index in [-0.39, 0.29) is 17.9 Å². The highest BCUT2D eigenvalue weighted by Gasteiger charge is 2.52. The van der Waals surface area contributed by atoms with E-state index in [0.29, 0.717) is 36.4 Å². The minimum atomic E-state index is -0.429. The molecule has 1 aliphatic carbocycles. The Kier molecular flexibility index (Phi) is 4.80. The number of carbonyl (C=O) groups excluding carboxylic acids is 2. The molecule has 4 aliphatic heterocycles. The smallest absolute Gasteiger partial charge is 0.255 e. The fourth-order valence-electron chi connectivity index (χ4n) is 6.13. The maximum Gasteiger partial charge on any atom is 0.255 e. The van der Waals surface area contributed by atoms with E-state index in [9.17, 15) is 9.59 Å². The number of allylic oxidation sites excluding steroid dienone is 1. The Morgan fingerprint density at radius 1 is 1.12 bits per heavy atom. The summed E-state index contributed by atoms with van der Waals surface area (Å²) in [4.78, 5) is 29.7. The Bertz CT molecular complexity index is 964. The normalized spacial score (nSPS) is 31.7. The summed E-state index contributed by atoms with van der Waals surface area (Å²) < 4.78 is 12.0. The van der Waals surface area contributed by atoms with Crippen LogP contribution in [0.4, 0.5) is 0 Å². The molecule has 2 amide bonds. The number of nitrogens with one attached hydrogen (secondary N) is 1. The number of ether oxygens (including phenoxy) is 2. The number of fused-ring (bicyclic) bond motifs is 1. The van der Waals surface area contributed by atoms with E-state index in [1.54, 1.807) is 4.90 Å². The van der Waals surface area contributed by atoms with Crippen LogP contribution in [0.2, 0.25) is 0 Å². The minimum absolute atomic E-state index is 0.0663. The van der Waals surface area contributed by atoms with E-state index in [1.807, 2.05) is 18.2 Å². The lowest BCUT2D eigenvalue weighted by molar-refractivity contribution is -0.207. The third-order valence-electron chi connectivity index (χ3n) is 7.92. The lowest BCUT2D eigenvalue weighted by Gasteiger charge is -2.58. The predicted molar refractivity (Wildman–Crippen MR) is 118 cm³/mol. The third kappa shape index (κ3) is 3.33. The van der Waals surface area contributed by atoms with Gasteiger partial charge in [-0.15, -0.1) is 0 Å². The van der Waals surface area contributed by atoms with Crippen molar-refractivity contribution >= 4 is 11.8 Å². The summed E-state index contributed by atoms with van der Waals surface area (Å²) in [5.74, 6) is 0.635. The number of hydrogen-bond donors (Lipinski definition) is 1. The molecule has 32 heavy (non-hydrogen) atoms. The number of amides is 2. The van der Waals surface area contributed by atoms with E-state index >= 15 is 0 Å². The lowest BCUT2D eigenvalue weighted by Crippen LogP contribution is -2.70. The summed E-state index contributed by atoms with van der Waals surface area (Å²) in [5, 5.41) is 2.80. The SMILES string of the molecule is C=C1CCC(N2Cc3cc(O[C@H]4CCCC[C@H]4N4CC5(COC5)C4)ccc3C2=O)C(=O)N1. The monoisotopic (exact) mass is 437 g/mol. The van der Waals surface area contributed by atoms with Crippen LogP contribution in [0.1, 0.15) is 54.4 Å². The molecule has 0 aromatic heterocycles. The lowest BCUT2D eigenvalue weighted by atomic mass is 9.75. The van der Waals surface area contributed by atoms with Crippen LogP contribution >= 0.6 is 0 Å². The van der Waals surface area contributed by atoms with Gasteiger partial charge in [0.05, 0.1) is 13.2 Å². The molecule has 1 spiro atoms. The molecule has 1 N–H and O–H groups in total. The van der Waals surface area contributed by atoms with Crippen molar-refractivity contribution in [1.29, 1.82) is 0 Å². The van der Waals surface area contributed by atoms with Crippen LogP contribution in [0, 0.1) is 5.41 Å². The average Bonchev–Trinajstić information content (AvgIpc) is 3.03. The van der Waals surface area contributed by atoms with Gasteiger partial charge in [-0.3, -0.25) is 14.5 Å². The molecule has 1 unspecified atom stereocenters. The van der Waals surface area contributed by atoms with Gasteiger partial charge in [-0.25, -0.2) is 0 Å². The van der Waals surface area contributed by atoms with Gasteiger partial charge in [0.2, 0.25) is 5.91 Å². The second-order valence-electron chi connectivity index (χ2n) is 10.3. The van der Waals surface area contributed by atoms with Crippen molar-refractivity contribution in [3.05, 3.63) is 41.6 Å². The van der Waals surface area contributed by atoms with E-state index in [4.69, 9.17) is 9.47 Å².